The van der Waals surface area contributed by atoms with Crippen LogP contribution in [0.5, 0.6) is 0 Å². The summed E-state index contributed by atoms with van der Waals surface area (Å²) in [4.78, 5) is 14.0. The summed E-state index contributed by atoms with van der Waals surface area (Å²) >= 11 is 1.73. The van der Waals surface area contributed by atoms with E-state index in [0.717, 1.165) is 23.1 Å². The lowest BCUT2D eigenvalue weighted by Gasteiger charge is -2.10. The van der Waals surface area contributed by atoms with E-state index in [1.165, 1.54) is 4.88 Å². The zero-order chi connectivity index (χ0) is 12.3. The number of hydrogen-bond donors (Lipinski definition) is 1. The van der Waals surface area contributed by atoms with Crippen LogP contribution in [0.15, 0.2) is 18.5 Å². The van der Waals surface area contributed by atoms with Gasteiger partial charge in [-0.25, -0.2) is 15.0 Å². The van der Waals surface area contributed by atoms with Crippen molar-refractivity contribution in [3.05, 3.63) is 39.9 Å². The Balaban J connectivity index is 1.94. The normalized spacial score (nSPS) is 12.6. The number of aromatic nitrogens is 3. The van der Waals surface area contributed by atoms with Crippen LogP contribution in [0.4, 0.5) is 0 Å². The fraction of sp³-hybridized carbons (Fsp3) is 0.417. The van der Waals surface area contributed by atoms with Crippen LogP contribution in [0.2, 0.25) is 0 Å². The summed E-state index contributed by atoms with van der Waals surface area (Å²) in [6, 6.07) is 2.18. The Morgan fingerprint density at radius 1 is 1.35 bits per heavy atom. The highest BCUT2D eigenvalue weighted by molar-refractivity contribution is 7.11. The first-order chi connectivity index (χ1) is 8.15. The minimum absolute atomic E-state index is 0.254. The van der Waals surface area contributed by atoms with Crippen molar-refractivity contribution in [1.29, 1.82) is 0 Å². The van der Waals surface area contributed by atoms with E-state index < -0.39 is 0 Å². The average molecular weight is 248 g/mol. The van der Waals surface area contributed by atoms with Gasteiger partial charge >= 0.3 is 0 Å². The molecule has 0 aromatic carbocycles. The topological polar surface area (TPSA) is 50.7 Å². The second kappa shape index (κ2) is 5.33. The van der Waals surface area contributed by atoms with E-state index in [1.807, 2.05) is 19.2 Å². The minimum atomic E-state index is 0.254. The molecule has 90 valence electrons. The molecule has 0 fully saturated rings. The Morgan fingerprint density at radius 2 is 2.18 bits per heavy atom. The smallest absolute Gasteiger partial charge is 0.125 e. The number of thiazole rings is 1. The van der Waals surface area contributed by atoms with E-state index in [-0.39, 0.29) is 6.04 Å². The van der Waals surface area contributed by atoms with Crippen molar-refractivity contribution in [1.82, 2.24) is 20.3 Å². The lowest BCUT2D eigenvalue weighted by molar-refractivity contribution is 0.563. The number of nitrogens with zero attached hydrogens (tertiary/aromatic N) is 3. The maximum atomic E-state index is 4.37. The van der Waals surface area contributed by atoms with Gasteiger partial charge in [-0.05, 0) is 26.8 Å². The predicted octanol–water partition coefficient (Wildman–Crippen LogP) is 2.40. The molecule has 0 bridgehead atoms. The van der Waals surface area contributed by atoms with Gasteiger partial charge in [0.05, 0.1) is 11.7 Å². The van der Waals surface area contributed by atoms with Gasteiger partial charge in [-0.2, -0.15) is 0 Å². The van der Waals surface area contributed by atoms with E-state index in [9.17, 15) is 0 Å². The van der Waals surface area contributed by atoms with Crippen molar-refractivity contribution in [2.24, 2.45) is 0 Å². The van der Waals surface area contributed by atoms with Crippen molar-refractivity contribution in [3.8, 4) is 0 Å². The molecule has 0 saturated heterocycles. The monoisotopic (exact) mass is 248 g/mol. The molecule has 4 nitrogen and oxygen atoms in total. The summed E-state index contributed by atoms with van der Waals surface area (Å²) in [5.41, 5.74) is 1.01. The summed E-state index contributed by atoms with van der Waals surface area (Å²) < 4.78 is 0. The Morgan fingerprint density at radius 3 is 2.82 bits per heavy atom. The molecule has 0 aliphatic heterocycles. The molecule has 17 heavy (non-hydrogen) atoms. The molecule has 2 aromatic heterocycles. The summed E-state index contributed by atoms with van der Waals surface area (Å²) in [5, 5.41) is 4.53. The molecule has 0 spiro atoms. The molecule has 2 heterocycles. The molecule has 5 heteroatoms. The van der Waals surface area contributed by atoms with Gasteiger partial charge in [0.15, 0.2) is 0 Å². The highest BCUT2D eigenvalue weighted by Crippen LogP contribution is 2.19. The van der Waals surface area contributed by atoms with Crippen molar-refractivity contribution in [3.63, 3.8) is 0 Å². The first-order valence-corrected chi connectivity index (χ1v) is 6.41. The summed E-state index contributed by atoms with van der Waals surface area (Å²) in [6.45, 7) is 6.83. The van der Waals surface area contributed by atoms with Crippen LogP contribution in [-0.4, -0.2) is 15.0 Å². The van der Waals surface area contributed by atoms with Crippen molar-refractivity contribution in [2.45, 2.75) is 33.4 Å². The quantitative estimate of drug-likeness (QED) is 0.902. The van der Waals surface area contributed by atoms with Crippen LogP contribution in [0, 0.1) is 13.8 Å². The third-order valence-corrected chi connectivity index (χ3v) is 3.53. The largest absolute Gasteiger partial charge is 0.302 e. The average Bonchev–Trinajstić information content (AvgIpc) is 2.73. The van der Waals surface area contributed by atoms with Crippen molar-refractivity contribution >= 4 is 11.3 Å². The molecule has 2 rings (SSSR count). The predicted molar refractivity (Wildman–Crippen MR) is 68.9 cm³/mol. The summed E-state index contributed by atoms with van der Waals surface area (Å²) in [5.74, 6) is 0.807. The van der Waals surface area contributed by atoms with Crippen LogP contribution < -0.4 is 5.32 Å². The van der Waals surface area contributed by atoms with Gasteiger partial charge in [-0.15, -0.1) is 11.3 Å². The molecule has 2 aromatic rings. The molecule has 0 amide bonds. The summed E-state index contributed by atoms with van der Waals surface area (Å²) in [6.07, 6.45) is 3.70. The number of aryl methyl sites for hydroxylation is 2. The first-order valence-electron chi connectivity index (χ1n) is 5.59. The Labute approximate surface area is 105 Å². The summed E-state index contributed by atoms with van der Waals surface area (Å²) in [7, 11) is 0. The fourth-order valence-corrected chi connectivity index (χ4v) is 2.32. The van der Waals surface area contributed by atoms with Gasteiger partial charge in [0.25, 0.3) is 0 Å². The molecule has 1 N–H and O–H groups in total. The molecule has 0 aliphatic carbocycles. The van der Waals surface area contributed by atoms with Crippen LogP contribution in [0.3, 0.4) is 0 Å². The number of hydrogen-bond acceptors (Lipinski definition) is 5. The zero-order valence-corrected chi connectivity index (χ0v) is 11.1. The van der Waals surface area contributed by atoms with E-state index in [1.54, 1.807) is 17.5 Å². The van der Waals surface area contributed by atoms with Crippen LogP contribution in [-0.2, 0) is 6.54 Å². The Bertz CT molecular complexity index is 495. The molecule has 0 radical (unpaired) electrons. The van der Waals surface area contributed by atoms with Gasteiger partial charge in [0.1, 0.15) is 10.8 Å². The minimum Gasteiger partial charge on any atom is -0.302 e. The van der Waals surface area contributed by atoms with E-state index in [2.05, 4.69) is 34.1 Å². The van der Waals surface area contributed by atoms with E-state index >= 15 is 0 Å². The van der Waals surface area contributed by atoms with Gasteiger partial charge in [0, 0.05) is 23.8 Å². The molecule has 1 atom stereocenters. The fourth-order valence-electron chi connectivity index (χ4n) is 1.52. The SMILES string of the molecule is Cc1nccc(CNC(C)c2ncc(C)s2)n1. The van der Waals surface area contributed by atoms with Crippen LogP contribution >= 0.6 is 11.3 Å². The lowest BCUT2D eigenvalue weighted by Crippen LogP contribution is -2.18. The molecule has 0 saturated carbocycles. The van der Waals surface area contributed by atoms with Crippen molar-refractivity contribution < 1.29 is 0 Å². The highest BCUT2D eigenvalue weighted by Gasteiger charge is 2.08. The van der Waals surface area contributed by atoms with Gasteiger partial charge < -0.3 is 5.32 Å². The zero-order valence-electron chi connectivity index (χ0n) is 10.3. The third-order valence-electron chi connectivity index (χ3n) is 2.43. The highest BCUT2D eigenvalue weighted by atomic mass is 32.1. The molecular weight excluding hydrogens is 232 g/mol. The molecular formula is C12H16N4S. The van der Waals surface area contributed by atoms with Crippen molar-refractivity contribution in [2.75, 3.05) is 0 Å². The maximum Gasteiger partial charge on any atom is 0.125 e. The Kier molecular flexibility index (Phi) is 3.81. The third kappa shape index (κ3) is 3.31. The Hall–Kier alpha value is -1.33. The van der Waals surface area contributed by atoms with Crippen LogP contribution in [0.1, 0.15) is 34.4 Å². The van der Waals surface area contributed by atoms with E-state index in [4.69, 9.17) is 0 Å². The number of nitrogens with one attached hydrogen (secondary N) is 1. The van der Waals surface area contributed by atoms with E-state index in [0.29, 0.717) is 0 Å². The van der Waals surface area contributed by atoms with Gasteiger partial charge in [0.2, 0.25) is 0 Å². The second-order valence-corrected chi connectivity index (χ2v) is 5.27. The molecule has 0 aliphatic rings. The standard InChI is InChI=1S/C12H16N4S/c1-8-6-15-12(17-8)9(2)14-7-11-4-5-13-10(3)16-11/h4-6,9,14H,7H2,1-3H3. The lowest BCUT2D eigenvalue weighted by atomic mass is 10.3. The second-order valence-electron chi connectivity index (χ2n) is 4.01. The van der Waals surface area contributed by atoms with Crippen LogP contribution in [0.25, 0.3) is 0 Å². The van der Waals surface area contributed by atoms with Gasteiger partial charge in [-0.1, -0.05) is 0 Å². The van der Waals surface area contributed by atoms with Gasteiger partial charge in [-0.3, -0.25) is 0 Å². The maximum absolute atomic E-state index is 4.37. The molecule has 1 unspecified atom stereocenters. The first kappa shape index (κ1) is 12.1. The number of rotatable bonds is 4.